The molecule has 0 aromatic heterocycles. The summed E-state index contributed by atoms with van der Waals surface area (Å²) >= 11 is 0. The van der Waals surface area contributed by atoms with E-state index in [2.05, 4.69) is 19.6 Å². The summed E-state index contributed by atoms with van der Waals surface area (Å²) in [6, 6.07) is 7.50. The van der Waals surface area contributed by atoms with Crippen molar-refractivity contribution in [3.63, 3.8) is 0 Å². The monoisotopic (exact) mass is 374 g/mol. The van der Waals surface area contributed by atoms with E-state index in [4.69, 9.17) is 18.6 Å². The van der Waals surface area contributed by atoms with Crippen molar-refractivity contribution in [2.24, 2.45) is 5.92 Å². The molecule has 0 bridgehead atoms. The Balaban J connectivity index is 1.86. The van der Waals surface area contributed by atoms with E-state index in [-0.39, 0.29) is 23.9 Å². The van der Waals surface area contributed by atoms with Crippen LogP contribution in [0, 0.1) is 5.92 Å². The van der Waals surface area contributed by atoms with Gasteiger partial charge in [-0.15, -0.1) is 0 Å². The first-order valence-corrected chi connectivity index (χ1v) is 12.2. The van der Waals surface area contributed by atoms with Gasteiger partial charge in [-0.2, -0.15) is 0 Å². The normalized spacial score (nSPS) is 25.6. The molecule has 5 nitrogen and oxygen atoms in total. The number of ketones is 1. The predicted octanol–water partition coefficient (Wildman–Crippen LogP) is 3.77. The van der Waals surface area contributed by atoms with E-state index in [9.17, 15) is 4.79 Å². The van der Waals surface area contributed by atoms with Gasteiger partial charge in [0.1, 0.15) is 17.6 Å². The summed E-state index contributed by atoms with van der Waals surface area (Å²) in [5.74, 6) is 1.91. The molecule has 0 saturated carbocycles. The average molecular weight is 375 g/mol. The SMILES string of the molecule is COc1ccc(C2=CC(=O)[C@H]3[C@H](CC(O[Si](C)(C)C)=C[C@H]3OC)O2)cc1. The van der Waals surface area contributed by atoms with Crippen LogP contribution in [0.4, 0.5) is 0 Å². The van der Waals surface area contributed by atoms with E-state index < -0.39 is 8.32 Å². The first-order chi connectivity index (χ1) is 12.3. The van der Waals surface area contributed by atoms with Crippen molar-refractivity contribution in [1.82, 2.24) is 0 Å². The highest BCUT2D eigenvalue weighted by Crippen LogP contribution is 2.38. The van der Waals surface area contributed by atoms with Crippen LogP contribution in [0.5, 0.6) is 5.75 Å². The van der Waals surface area contributed by atoms with Gasteiger partial charge in [0.25, 0.3) is 0 Å². The van der Waals surface area contributed by atoms with Gasteiger partial charge in [-0.05, 0) is 50.0 Å². The fraction of sp³-hybridized carbons (Fsp3) is 0.450. The zero-order chi connectivity index (χ0) is 18.9. The Bertz CT molecular complexity index is 730. The van der Waals surface area contributed by atoms with Crippen molar-refractivity contribution < 1.29 is 23.4 Å². The van der Waals surface area contributed by atoms with Crippen LogP contribution in [0.3, 0.4) is 0 Å². The van der Waals surface area contributed by atoms with Gasteiger partial charge in [-0.1, -0.05) is 0 Å². The van der Waals surface area contributed by atoms with E-state index in [1.165, 1.54) is 0 Å². The van der Waals surface area contributed by atoms with Crippen LogP contribution in [0.1, 0.15) is 12.0 Å². The molecule has 1 aromatic carbocycles. The molecule has 1 aromatic rings. The Morgan fingerprint density at radius 3 is 2.38 bits per heavy atom. The first kappa shape index (κ1) is 18.7. The molecule has 0 fully saturated rings. The van der Waals surface area contributed by atoms with Crippen LogP contribution in [-0.2, 0) is 18.7 Å². The molecule has 0 saturated heterocycles. The second kappa shape index (κ2) is 7.29. The van der Waals surface area contributed by atoms with Gasteiger partial charge in [0.15, 0.2) is 5.78 Å². The molecular formula is C20H26O5Si. The Morgan fingerprint density at radius 1 is 1.12 bits per heavy atom. The maximum Gasteiger partial charge on any atom is 0.241 e. The summed E-state index contributed by atoms with van der Waals surface area (Å²) in [5.41, 5.74) is 0.855. The number of hydrogen-bond donors (Lipinski definition) is 0. The van der Waals surface area contributed by atoms with Crippen LogP contribution in [0.25, 0.3) is 5.76 Å². The van der Waals surface area contributed by atoms with E-state index in [0.29, 0.717) is 12.2 Å². The highest BCUT2D eigenvalue weighted by molar-refractivity contribution is 6.70. The molecule has 0 amide bonds. The third kappa shape index (κ3) is 4.02. The first-order valence-electron chi connectivity index (χ1n) is 8.80. The summed E-state index contributed by atoms with van der Waals surface area (Å²) in [4.78, 5) is 12.8. The lowest BCUT2D eigenvalue weighted by atomic mass is 9.82. The highest BCUT2D eigenvalue weighted by atomic mass is 28.4. The maximum absolute atomic E-state index is 12.8. The molecule has 3 rings (SSSR count). The lowest BCUT2D eigenvalue weighted by Gasteiger charge is -2.39. The number of carbonyl (C=O) groups excluding carboxylic acids is 1. The molecule has 6 heteroatoms. The molecule has 26 heavy (non-hydrogen) atoms. The molecule has 0 unspecified atom stereocenters. The summed E-state index contributed by atoms with van der Waals surface area (Å²) < 4.78 is 23.1. The molecule has 1 aliphatic heterocycles. The van der Waals surface area contributed by atoms with Crippen LogP contribution in [-0.4, -0.2) is 40.5 Å². The fourth-order valence-corrected chi connectivity index (χ4v) is 4.30. The second-order valence-corrected chi connectivity index (χ2v) is 12.0. The standard InChI is InChI=1S/C20H26O5Si/c1-22-14-8-6-13(7-9-14)17-12-16(21)20-18(23-2)10-15(11-19(20)24-17)25-26(3,4)5/h6-10,12,18-20H,11H2,1-5H3/t18-,19+,20-/m1/s1. The van der Waals surface area contributed by atoms with E-state index in [1.54, 1.807) is 20.3 Å². The topological polar surface area (TPSA) is 54.0 Å². The molecule has 1 aliphatic carbocycles. The molecule has 0 radical (unpaired) electrons. The van der Waals surface area contributed by atoms with Crippen LogP contribution in [0.2, 0.25) is 19.6 Å². The zero-order valence-electron chi connectivity index (χ0n) is 15.9. The zero-order valence-corrected chi connectivity index (χ0v) is 16.9. The summed E-state index contributed by atoms with van der Waals surface area (Å²) in [7, 11) is 1.50. The molecular weight excluding hydrogens is 348 g/mol. The van der Waals surface area contributed by atoms with Crippen molar-refractivity contribution in [2.45, 2.75) is 38.3 Å². The highest BCUT2D eigenvalue weighted by Gasteiger charge is 2.43. The summed E-state index contributed by atoms with van der Waals surface area (Å²) in [6.45, 7) is 6.41. The van der Waals surface area contributed by atoms with Crippen molar-refractivity contribution in [2.75, 3.05) is 14.2 Å². The van der Waals surface area contributed by atoms with E-state index in [0.717, 1.165) is 17.1 Å². The van der Waals surface area contributed by atoms with Gasteiger partial charge in [0.2, 0.25) is 8.32 Å². The average Bonchev–Trinajstić information content (AvgIpc) is 2.59. The lowest BCUT2D eigenvalue weighted by Crippen LogP contribution is -2.45. The van der Waals surface area contributed by atoms with Gasteiger partial charge in [-0.3, -0.25) is 4.79 Å². The molecule has 140 valence electrons. The number of benzene rings is 1. The number of rotatable bonds is 5. The smallest absolute Gasteiger partial charge is 0.241 e. The van der Waals surface area contributed by atoms with Gasteiger partial charge < -0.3 is 18.6 Å². The van der Waals surface area contributed by atoms with Crippen LogP contribution >= 0.6 is 0 Å². The number of allylic oxidation sites excluding steroid dienone is 1. The summed E-state index contributed by atoms with van der Waals surface area (Å²) in [6.07, 6.45) is 3.47. The van der Waals surface area contributed by atoms with Crippen molar-refractivity contribution in [3.8, 4) is 5.75 Å². The van der Waals surface area contributed by atoms with Gasteiger partial charge in [-0.25, -0.2) is 0 Å². The minimum atomic E-state index is -1.74. The molecule has 0 N–H and O–H groups in total. The van der Waals surface area contributed by atoms with Crippen LogP contribution < -0.4 is 4.74 Å². The minimum Gasteiger partial charge on any atom is -0.547 e. The Kier molecular flexibility index (Phi) is 5.25. The molecule has 1 heterocycles. The van der Waals surface area contributed by atoms with Gasteiger partial charge >= 0.3 is 0 Å². The predicted molar refractivity (Wildman–Crippen MR) is 102 cm³/mol. The van der Waals surface area contributed by atoms with Crippen molar-refractivity contribution >= 4 is 19.9 Å². The second-order valence-electron chi connectivity index (χ2n) is 7.57. The molecule has 3 atom stereocenters. The van der Waals surface area contributed by atoms with Crippen molar-refractivity contribution in [3.05, 3.63) is 47.7 Å². The number of carbonyl (C=O) groups is 1. The maximum atomic E-state index is 12.8. The number of methoxy groups -OCH3 is 2. The van der Waals surface area contributed by atoms with Crippen molar-refractivity contribution in [1.29, 1.82) is 0 Å². The summed E-state index contributed by atoms with van der Waals surface area (Å²) in [5, 5.41) is 0. The lowest BCUT2D eigenvalue weighted by molar-refractivity contribution is -0.129. The fourth-order valence-electron chi connectivity index (χ4n) is 3.36. The number of hydrogen-bond acceptors (Lipinski definition) is 5. The third-order valence-corrected chi connectivity index (χ3v) is 5.35. The third-order valence-electron chi connectivity index (χ3n) is 4.47. The Labute approximate surface area is 155 Å². The van der Waals surface area contributed by atoms with Gasteiger partial charge in [0, 0.05) is 25.2 Å². The molecule has 2 aliphatic rings. The minimum absolute atomic E-state index is 0.0298. The molecule has 0 spiro atoms. The quantitative estimate of drug-likeness (QED) is 0.734. The number of ether oxygens (including phenoxy) is 3. The van der Waals surface area contributed by atoms with Gasteiger partial charge in [0.05, 0.1) is 24.9 Å². The Morgan fingerprint density at radius 2 is 1.81 bits per heavy atom. The van der Waals surface area contributed by atoms with E-state index in [1.807, 2.05) is 30.3 Å². The largest absolute Gasteiger partial charge is 0.547 e. The van der Waals surface area contributed by atoms with E-state index >= 15 is 0 Å². The van der Waals surface area contributed by atoms with Crippen LogP contribution in [0.15, 0.2) is 42.2 Å². The number of fused-ring (bicyclic) bond motifs is 1. The Hall–Kier alpha value is -2.05.